The molecule has 8 nitrogen and oxygen atoms in total. The SMILES string of the molecule is Cc1ncccc1OC1CCN(c2nc(N)c3cnn(C)c3n2)C1. The second-order valence-corrected chi connectivity index (χ2v) is 5.98. The van der Waals surface area contributed by atoms with Crippen LogP contribution >= 0.6 is 0 Å². The Balaban J connectivity index is 1.54. The first-order chi connectivity index (χ1) is 11.6. The minimum absolute atomic E-state index is 0.0833. The van der Waals surface area contributed by atoms with E-state index in [1.807, 2.05) is 26.1 Å². The molecule has 0 spiro atoms. The Morgan fingerprint density at radius 3 is 3.04 bits per heavy atom. The number of aromatic nitrogens is 5. The molecular weight excluding hydrogens is 306 g/mol. The highest BCUT2D eigenvalue weighted by atomic mass is 16.5. The minimum Gasteiger partial charge on any atom is -0.487 e. The molecule has 8 heteroatoms. The van der Waals surface area contributed by atoms with Gasteiger partial charge in [0, 0.05) is 26.2 Å². The van der Waals surface area contributed by atoms with Crippen LogP contribution in [0.3, 0.4) is 0 Å². The van der Waals surface area contributed by atoms with Crippen molar-refractivity contribution < 1.29 is 4.74 Å². The second kappa shape index (κ2) is 5.63. The maximum atomic E-state index is 6.08. The number of pyridine rings is 1. The van der Waals surface area contributed by atoms with Crippen LogP contribution in [0.4, 0.5) is 11.8 Å². The van der Waals surface area contributed by atoms with Gasteiger partial charge in [-0.3, -0.25) is 9.67 Å². The molecule has 1 atom stereocenters. The van der Waals surface area contributed by atoms with E-state index >= 15 is 0 Å². The molecule has 1 fully saturated rings. The van der Waals surface area contributed by atoms with E-state index in [1.165, 1.54) is 0 Å². The molecule has 0 aromatic carbocycles. The van der Waals surface area contributed by atoms with Crippen LogP contribution in [-0.2, 0) is 7.05 Å². The number of nitrogens with zero attached hydrogens (tertiary/aromatic N) is 6. The van der Waals surface area contributed by atoms with Gasteiger partial charge in [0.2, 0.25) is 5.95 Å². The third kappa shape index (κ3) is 2.49. The van der Waals surface area contributed by atoms with Crippen LogP contribution in [0.15, 0.2) is 24.5 Å². The molecule has 1 unspecified atom stereocenters. The first kappa shape index (κ1) is 14.7. The average Bonchev–Trinajstić information content (AvgIpc) is 3.17. The van der Waals surface area contributed by atoms with Crippen LogP contribution < -0.4 is 15.4 Å². The van der Waals surface area contributed by atoms with Gasteiger partial charge in [-0.25, -0.2) is 0 Å². The van der Waals surface area contributed by atoms with Gasteiger partial charge in [-0.05, 0) is 19.1 Å². The number of hydrogen-bond donors (Lipinski definition) is 1. The summed E-state index contributed by atoms with van der Waals surface area (Å²) in [5, 5.41) is 4.97. The van der Waals surface area contributed by atoms with E-state index in [9.17, 15) is 0 Å². The molecule has 1 aliphatic heterocycles. The predicted molar refractivity (Wildman–Crippen MR) is 90.9 cm³/mol. The summed E-state index contributed by atoms with van der Waals surface area (Å²) in [5.74, 6) is 1.90. The van der Waals surface area contributed by atoms with Gasteiger partial charge in [0.15, 0.2) is 5.65 Å². The standard InChI is InChI=1S/C16H19N7O/c1-10-13(4-3-6-18-10)24-11-5-7-23(9-11)16-20-14(17)12-8-19-22(2)15(12)21-16/h3-4,6,8,11H,5,7,9H2,1-2H3,(H2,17,20,21). The van der Waals surface area contributed by atoms with Crippen LogP contribution in [-0.4, -0.2) is 43.9 Å². The molecule has 4 rings (SSSR count). The van der Waals surface area contributed by atoms with Crippen molar-refractivity contribution in [2.75, 3.05) is 23.7 Å². The molecule has 1 aliphatic rings. The Bertz CT molecular complexity index is 891. The van der Waals surface area contributed by atoms with E-state index < -0.39 is 0 Å². The van der Waals surface area contributed by atoms with Gasteiger partial charge in [0.1, 0.15) is 17.7 Å². The summed E-state index contributed by atoms with van der Waals surface area (Å²) in [6, 6.07) is 3.83. The maximum Gasteiger partial charge on any atom is 0.229 e. The molecule has 3 aromatic rings. The zero-order valence-corrected chi connectivity index (χ0v) is 13.7. The quantitative estimate of drug-likeness (QED) is 0.775. The van der Waals surface area contributed by atoms with Crippen molar-refractivity contribution in [1.82, 2.24) is 24.7 Å². The van der Waals surface area contributed by atoms with Gasteiger partial charge in [0.25, 0.3) is 0 Å². The molecule has 0 aliphatic carbocycles. The summed E-state index contributed by atoms with van der Waals surface area (Å²) >= 11 is 0. The molecule has 0 radical (unpaired) electrons. The smallest absolute Gasteiger partial charge is 0.229 e. The molecule has 3 aromatic heterocycles. The molecule has 4 heterocycles. The van der Waals surface area contributed by atoms with E-state index in [0.29, 0.717) is 11.8 Å². The predicted octanol–water partition coefficient (Wildman–Crippen LogP) is 1.31. The molecule has 24 heavy (non-hydrogen) atoms. The highest BCUT2D eigenvalue weighted by molar-refractivity contribution is 5.86. The fraction of sp³-hybridized carbons (Fsp3) is 0.375. The molecule has 0 saturated carbocycles. The molecule has 2 N–H and O–H groups in total. The van der Waals surface area contributed by atoms with E-state index in [2.05, 4.69) is 25.0 Å². The van der Waals surface area contributed by atoms with Crippen LogP contribution in [0.1, 0.15) is 12.1 Å². The van der Waals surface area contributed by atoms with E-state index in [0.717, 1.165) is 42.0 Å². The number of aryl methyl sites for hydroxylation is 2. The Kier molecular flexibility index (Phi) is 3.44. The lowest BCUT2D eigenvalue weighted by atomic mass is 10.3. The molecule has 0 bridgehead atoms. The first-order valence-corrected chi connectivity index (χ1v) is 7.90. The lowest BCUT2D eigenvalue weighted by Crippen LogP contribution is -2.26. The lowest BCUT2D eigenvalue weighted by molar-refractivity contribution is 0.222. The third-order valence-electron chi connectivity index (χ3n) is 4.29. The number of nitrogen functional groups attached to an aromatic ring is 1. The summed E-state index contributed by atoms with van der Waals surface area (Å²) in [4.78, 5) is 15.4. The highest BCUT2D eigenvalue weighted by Gasteiger charge is 2.27. The summed E-state index contributed by atoms with van der Waals surface area (Å²) < 4.78 is 7.78. The van der Waals surface area contributed by atoms with Crippen LogP contribution in [0.25, 0.3) is 11.0 Å². The van der Waals surface area contributed by atoms with E-state index in [1.54, 1.807) is 17.1 Å². The van der Waals surface area contributed by atoms with E-state index in [4.69, 9.17) is 10.5 Å². The monoisotopic (exact) mass is 325 g/mol. The largest absolute Gasteiger partial charge is 0.487 e. The van der Waals surface area contributed by atoms with Gasteiger partial charge in [-0.15, -0.1) is 0 Å². The average molecular weight is 325 g/mol. The van der Waals surface area contributed by atoms with Gasteiger partial charge < -0.3 is 15.4 Å². The minimum atomic E-state index is 0.0833. The fourth-order valence-electron chi connectivity index (χ4n) is 2.95. The van der Waals surface area contributed by atoms with Gasteiger partial charge >= 0.3 is 0 Å². The van der Waals surface area contributed by atoms with Crippen molar-refractivity contribution in [2.24, 2.45) is 7.05 Å². The molecule has 1 saturated heterocycles. The molecule has 124 valence electrons. The Morgan fingerprint density at radius 1 is 1.33 bits per heavy atom. The summed E-state index contributed by atoms with van der Waals surface area (Å²) in [7, 11) is 1.85. The lowest BCUT2D eigenvalue weighted by Gasteiger charge is -2.18. The Morgan fingerprint density at radius 2 is 2.21 bits per heavy atom. The van der Waals surface area contributed by atoms with Crippen molar-refractivity contribution in [3.05, 3.63) is 30.2 Å². The number of hydrogen-bond acceptors (Lipinski definition) is 7. The summed E-state index contributed by atoms with van der Waals surface area (Å²) in [6.45, 7) is 3.49. The number of fused-ring (bicyclic) bond motifs is 1. The molecular formula is C16H19N7O. The van der Waals surface area contributed by atoms with Crippen LogP contribution in [0, 0.1) is 6.92 Å². The Hall–Kier alpha value is -2.90. The zero-order valence-electron chi connectivity index (χ0n) is 13.7. The zero-order chi connectivity index (χ0) is 16.7. The third-order valence-corrected chi connectivity index (χ3v) is 4.29. The van der Waals surface area contributed by atoms with Crippen molar-refractivity contribution in [3.8, 4) is 5.75 Å². The summed E-state index contributed by atoms with van der Waals surface area (Å²) in [6.07, 6.45) is 4.44. The van der Waals surface area contributed by atoms with Crippen molar-refractivity contribution >= 4 is 22.8 Å². The van der Waals surface area contributed by atoms with Crippen LogP contribution in [0.2, 0.25) is 0 Å². The second-order valence-electron chi connectivity index (χ2n) is 5.98. The van der Waals surface area contributed by atoms with Crippen molar-refractivity contribution in [2.45, 2.75) is 19.4 Å². The topological polar surface area (TPSA) is 95.0 Å². The molecule has 0 amide bonds. The van der Waals surface area contributed by atoms with E-state index in [-0.39, 0.29) is 6.10 Å². The number of rotatable bonds is 3. The normalized spacial score (nSPS) is 17.6. The van der Waals surface area contributed by atoms with Gasteiger partial charge in [-0.1, -0.05) is 0 Å². The van der Waals surface area contributed by atoms with Crippen molar-refractivity contribution in [3.63, 3.8) is 0 Å². The number of ether oxygens (including phenoxy) is 1. The number of nitrogens with two attached hydrogens (primary N) is 1. The summed E-state index contributed by atoms with van der Waals surface area (Å²) in [5.41, 5.74) is 7.68. The van der Waals surface area contributed by atoms with Gasteiger partial charge in [-0.2, -0.15) is 15.1 Å². The first-order valence-electron chi connectivity index (χ1n) is 7.90. The Labute approximate surface area is 139 Å². The maximum absolute atomic E-state index is 6.08. The number of anilines is 2. The highest BCUT2D eigenvalue weighted by Crippen LogP contribution is 2.25. The van der Waals surface area contributed by atoms with Gasteiger partial charge in [0.05, 0.1) is 23.8 Å². The fourth-order valence-corrected chi connectivity index (χ4v) is 2.95. The van der Waals surface area contributed by atoms with Crippen molar-refractivity contribution in [1.29, 1.82) is 0 Å². The van der Waals surface area contributed by atoms with Crippen LogP contribution in [0.5, 0.6) is 5.75 Å².